The number of hydrogen-bond acceptors (Lipinski definition) is 2. The second-order valence-corrected chi connectivity index (χ2v) is 6.04. The van der Waals surface area contributed by atoms with E-state index in [4.69, 9.17) is 27.9 Å². The van der Waals surface area contributed by atoms with Gasteiger partial charge in [0.15, 0.2) is 0 Å². The van der Waals surface area contributed by atoms with E-state index in [2.05, 4.69) is 15.9 Å². The van der Waals surface area contributed by atoms with Crippen LogP contribution >= 0.6 is 39.1 Å². The van der Waals surface area contributed by atoms with Gasteiger partial charge in [-0.25, -0.2) is 0 Å². The van der Waals surface area contributed by atoms with Crippen molar-refractivity contribution in [1.82, 2.24) is 0 Å². The van der Waals surface area contributed by atoms with Crippen LogP contribution in [0.2, 0.25) is 10.0 Å². The van der Waals surface area contributed by atoms with Crippen molar-refractivity contribution in [2.75, 3.05) is 7.11 Å². The second kappa shape index (κ2) is 6.81. The third-order valence-corrected chi connectivity index (χ3v) is 4.30. The molecular formula is C15H13BrCl2O2. The Hall–Kier alpha value is -0.740. The largest absolute Gasteiger partial charge is 0.497 e. The minimum absolute atomic E-state index is 0.405. The Balaban J connectivity index is 2.25. The predicted octanol–water partition coefficient (Wildman–Crippen LogP) is 5.04. The van der Waals surface area contributed by atoms with Crippen LogP contribution in [0.3, 0.4) is 0 Å². The van der Waals surface area contributed by atoms with Gasteiger partial charge in [-0.2, -0.15) is 0 Å². The van der Waals surface area contributed by atoms with Crippen LogP contribution in [0.1, 0.15) is 17.2 Å². The summed E-state index contributed by atoms with van der Waals surface area (Å²) in [5.74, 6) is 0.699. The summed E-state index contributed by atoms with van der Waals surface area (Å²) in [7, 11) is 1.59. The molecule has 0 bridgehead atoms. The van der Waals surface area contributed by atoms with Gasteiger partial charge in [0, 0.05) is 20.9 Å². The standard InChI is InChI=1S/C15H13BrCl2O2/c1-20-11-4-5-13(16)12(8-11)15(19)6-9-2-3-10(17)7-14(9)18/h2-5,7-8,15,19H,6H2,1H3. The smallest absolute Gasteiger partial charge is 0.119 e. The zero-order valence-electron chi connectivity index (χ0n) is 10.7. The highest BCUT2D eigenvalue weighted by atomic mass is 79.9. The van der Waals surface area contributed by atoms with Gasteiger partial charge in [-0.15, -0.1) is 0 Å². The fourth-order valence-electron chi connectivity index (χ4n) is 1.91. The molecule has 0 aliphatic heterocycles. The molecule has 5 heteroatoms. The Kier molecular flexibility index (Phi) is 5.33. The van der Waals surface area contributed by atoms with Crippen LogP contribution in [0.15, 0.2) is 40.9 Å². The molecule has 0 saturated carbocycles. The molecule has 2 nitrogen and oxygen atoms in total. The lowest BCUT2D eigenvalue weighted by molar-refractivity contribution is 0.177. The van der Waals surface area contributed by atoms with Crippen molar-refractivity contribution in [3.63, 3.8) is 0 Å². The van der Waals surface area contributed by atoms with E-state index in [0.717, 1.165) is 15.6 Å². The van der Waals surface area contributed by atoms with Crippen LogP contribution in [0.4, 0.5) is 0 Å². The Morgan fingerprint density at radius 1 is 1.20 bits per heavy atom. The highest BCUT2D eigenvalue weighted by molar-refractivity contribution is 9.10. The third-order valence-electron chi connectivity index (χ3n) is 2.99. The molecule has 0 fully saturated rings. The van der Waals surface area contributed by atoms with E-state index in [1.165, 1.54) is 0 Å². The first-order chi connectivity index (χ1) is 9.51. The van der Waals surface area contributed by atoms with Crippen molar-refractivity contribution < 1.29 is 9.84 Å². The molecule has 0 radical (unpaired) electrons. The number of aliphatic hydroxyl groups is 1. The molecule has 20 heavy (non-hydrogen) atoms. The number of rotatable bonds is 4. The molecule has 0 aromatic heterocycles. The zero-order valence-corrected chi connectivity index (χ0v) is 13.8. The van der Waals surface area contributed by atoms with Crippen LogP contribution in [0.5, 0.6) is 5.75 Å². The molecule has 2 aromatic carbocycles. The number of halogens is 3. The van der Waals surface area contributed by atoms with Crippen molar-refractivity contribution in [3.8, 4) is 5.75 Å². The van der Waals surface area contributed by atoms with Gasteiger partial charge >= 0.3 is 0 Å². The fraction of sp³-hybridized carbons (Fsp3) is 0.200. The van der Waals surface area contributed by atoms with Crippen molar-refractivity contribution in [2.24, 2.45) is 0 Å². The summed E-state index contributed by atoms with van der Waals surface area (Å²) in [6, 6.07) is 10.7. The van der Waals surface area contributed by atoms with Gasteiger partial charge in [0.1, 0.15) is 5.75 Å². The highest BCUT2D eigenvalue weighted by Crippen LogP contribution is 2.31. The van der Waals surface area contributed by atoms with Crippen LogP contribution in [0, 0.1) is 0 Å². The van der Waals surface area contributed by atoms with E-state index in [1.807, 2.05) is 18.2 Å². The second-order valence-electron chi connectivity index (χ2n) is 4.34. The monoisotopic (exact) mass is 374 g/mol. The lowest BCUT2D eigenvalue weighted by atomic mass is 10.0. The van der Waals surface area contributed by atoms with Crippen molar-refractivity contribution in [2.45, 2.75) is 12.5 Å². The van der Waals surface area contributed by atoms with E-state index in [0.29, 0.717) is 22.2 Å². The third kappa shape index (κ3) is 3.67. The van der Waals surface area contributed by atoms with Gasteiger partial charge in [0.2, 0.25) is 0 Å². The van der Waals surface area contributed by atoms with Gasteiger partial charge in [0.05, 0.1) is 13.2 Å². The van der Waals surface area contributed by atoms with Gasteiger partial charge < -0.3 is 9.84 Å². The fourth-order valence-corrected chi connectivity index (χ4v) is 2.91. The van der Waals surface area contributed by atoms with E-state index < -0.39 is 6.10 Å². The lowest BCUT2D eigenvalue weighted by Crippen LogP contribution is -2.03. The number of aliphatic hydroxyl groups excluding tert-OH is 1. The maximum Gasteiger partial charge on any atom is 0.119 e. The van der Waals surface area contributed by atoms with E-state index in [1.54, 1.807) is 25.3 Å². The normalized spacial score (nSPS) is 12.2. The van der Waals surface area contributed by atoms with Gasteiger partial charge in [0.25, 0.3) is 0 Å². The number of benzene rings is 2. The minimum atomic E-state index is -0.682. The number of hydrogen-bond donors (Lipinski definition) is 1. The quantitative estimate of drug-likeness (QED) is 0.810. The van der Waals surface area contributed by atoms with Gasteiger partial charge in [-0.3, -0.25) is 0 Å². The molecule has 0 heterocycles. The summed E-state index contributed by atoms with van der Waals surface area (Å²) in [6.07, 6.45) is -0.278. The molecule has 2 rings (SSSR count). The molecule has 0 saturated heterocycles. The molecule has 0 amide bonds. The molecule has 106 valence electrons. The SMILES string of the molecule is COc1ccc(Br)c(C(O)Cc2ccc(Cl)cc2Cl)c1. The van der Waals surface area contributed by atoms with E-state index in [-0.39, 0.29) is 0 Å². The average Bonchev–Trinajstić information content (AvgIpc) is 2.42. The lowest BCUT2D eigenvalue weighted by Gasteiger charge is -2.15. The topological polar surface area (TPSA) is 29.5 Å². The average molecular weight is 376 g/mol. The van der Waals surface area contributed by atoms with Crippen LogP contribution in [-0.4, -0.2) is 12.2 Å². The number of methoxy groups -OCH3 is 1. The first-order valence-corrected chi connectivity index (χ1v) is 7.51. The molecular weight excluding hydrogens is 363 g/mol. The Bertz CT molecular complexity index is 617. The summed E-state index contributed by atoms with van der Waals surface area (Å²) in [6.45, 7) is 0. The summed E-state index contributed by atoms with van der Waals surface area (Å²) < 4.78 is 6.00. The maximum absolute atomic E-state index is 10.4. The van der Waals surface area contributed by atoms with Crippen molar-refractivity contribution in [3.05, 3.63) is 62.0 Å². The first kappa shape index (κ1) is 15.6. The molecule has 1 N–H and O–H groups in total. The highest BCUT2D eigenvalue weighted by Gasteiger charge is 2.15. The molecule has 1 atom stereocenters. The van der Waals surface area contributed by atoms with Gasteiger partial charge in [-0.1, -0.05) is 45.2 Å². The van der Waals surface area contributed by atoms with E-state index in [9.17, 15) is 5.11 Å². The van der Waals surface area contributed by atoms with Crippen molar-refractivity contribution >= 4 is 39.1 Å². The first-order valence-electron chi connectivity index (χ1n) is 5.96. The summed E-state index contributed by atoms with van der Waals surface area (Å²) in [4.78, 5) is 0. The van der Waals surface area contributed by atoms with Crippen molar-refractivity contribution in [1.29, 1.82) is 0 Å². The Labute approximate surface area is 136 Å². The van der Waals surface area contributed by atoms with E-state index >= 15 is 0 Å². The summed E-state index contributed by atoms with van der Waals surface area (Å²) >= 11 is 15.4. The molecule has 2 aromatic rings. The molecule has 0 aliphatic rings. The maximum atomic E-state index is 10.4. The van der Waals surface area contributed by atoms with Crippen LogP contribution < -0.4 is 4.74 Å². The molecule has 1 unspecified atom stereocenters. The zero-order chi connectivity index (χ0) is 14.7. The summed E-state index contributed by atoms with van der Waals surface area (Å²) in [5.41, 5.74) is 1.61. The minimum Gasteiger partial charge on any atom is -0.497 e. The predicted molar refractivity (Wildman–Crippen MR) is 85.8 cm³/mol. The summed E-state index contributed by atoms with van der Waals surface area (Å²) in [5, 5.41) is 11.5. The Morgan fingerprint density at radius 2 is 1.95 bits per heavy atom. The van der Waals surface area contributed by atoms with Crippen LogP contribution in [0.25, 0.3) is 0 Å². The Morgan fingerprint density at radius 3 is 2.60 bits per heavy atom. The molecule has 0 spiro atoms. The van der Waals surface area contributed by atoms with Crippen LogP contribution in [-0.2, 0) is 6.42 Å². The molecule has 0 aliphatic carbocycles. The van der Waals surface area contributed by atoms with Gasteiger partial charge in [-0.05, 0) is 41.5 Å². The number of ether oxygens (including phenoxy) is 1.